The minimum absolute atomic E-state index is 0.577. The molecule has 0 amide bonds. The smallest absolute Gasteiger partial charge is 0.0112 e. The molecule has 71 valence electrons. The molecule has 1 radical (unpaired) electrons. The van der Waals surface area contributed by atoms with Crippen LogP contribution in [0.15, 0.2) is 0 Å². The van der Waals surface area contributed by atoms with Gasteiger partial charge in [0.1, 0.15) is 0 Å². The molecule has 0 atom stereocenters. The molecule has 0 saturated carbocycles. The average Bonchev–Trinajstić information content (AvgIpc) is 2.15. The summed E-state index contributed by atoms with van der Waals surface area (Å²) in [6, 6.07) is 0. The second kappa shape index (κ2) is 5.51. The Bertz CT molecular complexity index is 108. The molecule has 0 unspecified atom stereocenters. The van der Waals surface area contributed by atoms with E-state index >= 15 is 0 Å². The Balaban J connectivity index is 2.09. The molecule has 1 saturated heterocycles. The van der Waals surface area contributed by atoms with E-state index in [0.29, 0.717) is 6.54 Å². The molecular formula is C9H20N3. The van der Waals surface area contributed by atoms with Crippen LogP contribution in [0.5, 0.6) is 0 Å². The van der Waals surface area contributed by atoms with E-state index in [1.807, 2.05) is 0 Å². The predicted octanol–water partition coefficient (Wildman–Crippen LogP) is 0.297. The van der Waals surface area contributed by atoms with Crippen molar-refractivity contribution in [2.45, 2.75) is 13.3 Å². The molecule has 1 aliphatic heterocycles. The van der Waals surface area contributed by atoms with Gasteiger partial charge in [-0.15, -0.1) is 0 Å². The summed E-state index contributed by atoms with van der Waals surface area (Å²) >= 11 is 0. The number of hydrogen-bond acceptors (Lipinski definition) is 2. The molecule has 0 bridgehead atoms. The van der Waals surface area contributed by atoms with Gasteiger partial charge in [0.2, 0.25) is 0 Å². The molecule has 0 spiro atoms. The van der Waals surface area contributed by atoms with Crippen molar-refractivity contribution in [3.63, 3.8) is 0 Å². The second-order valence-corrected chi connectivity index (χ2v) is 3.38. The highest BCUT2D eigenvalue weighted by Gasteiger charge is 2.13. The first-order valence-corrected chi connectivity index (χ1v) is 4.96. The van der Waals surface area contributed by atoms with Gasteiger partial charge >= 0.3 is 0 Å². The molecule has 0 aromatic rings. The fraction of sp³-hybridized carbons (Fsp3) is 1.00. The quantitative estimate of drug-likeness (QED) is 0.607. The largest absolute Gasteiger partial charge is 0.301 e. The topological polar surface area (TPSA) is 30.3 Å². The SMILES string of the molecule is CCN1CCN(CCC[NH])CC1. The third-order valence-corrected chi connectivity index (χ3v) is 2.56. The fourth-order valence-electron chi connectivity index (χ4n) is 1.63. The van der Waals surface area contributed by atoms with E-state index in [1.54, 1.807) is 0 Å². The first kappa shape index (κ1) is 9.96. The maximum absolute atomic E-state index is 7.06. The summed E-state index contributed by atoms with van der Waals surface area (Å²) in [5.74, 6) is 0. The Morgan fingerprint density at radius 1 is 1.08 bits per heavy atom. The number of rotatable bonds is 4. The molecule has 3 nitrogen and oxygen atoms in total. The maximum atomic E-state index is 7.06. The Labute approximate surface area is 75.5 Å². The summed E-state index contributed by atoms with van der Waals surface area (Å²) in [6.45, 7) is 9.95. The molecule has 1 heterocycles. The van der Waals surface area contributed by atoms with E-state index in [0.717, 1.165) is 13.0 Å². The standard InChI is InChI=1S/C9H20N3/c1-2-11-6-8-12(9-7-11)5-3-4-10/h10H,2-9H2,1H3. The number of hydrogen-bond donors (Lipinski definition) is 0. The predicted molar refractivity (Wildman–Crippen MR) is 51.1 cm³/mol. The van der Waals surface area contributed by atoms with Gasteiger partial charge in [-0.1, -0.05) is 6.92 Å². The van der Waals surface area contributed by atoms with Gasteiger partial charge in [0.25, 0.3) is 0 Å². The average molecular weight is 170 g/mol. The van der Waals surface area contributed by atoms with E-state index in [9.17, 15) is 0 Å². The van der Waals surface area contributed by atoms with E-state index in [1.165, 1.54) is 32.7 Å². The molecule has 0 aromatic heterocycles. The number of nitrogens with one attached hydrogen (secondary N) is 1. The number of likely N-dealkylation sites (N-methyl/N-ethyl adjacent to an activating group) is 1. The van der Waals surface area contributed by atoms with Gasteiger partial charge in [-0.3, -0.25) is 5.73 Å². The van der Waals surface area contributed by atoms with Gasteiger partial charge in [-0.05, 0) is 19.5 Å². The van der Waals surface area contributed by atoms with Gasteiger partial charge < -0.3 is 9.80 Å². The molecule has 0 aliphatic carbocycles. The molecule has 1 fully saturated rings. The first-order valence-electron chi connectivity index (χ1n) is 4.96. The zero-order valence-electron chi connectivity index (χ0n) is 8.05. The lowest BCUT2D eigenvalue weighted by molar-refractivity contribution is 0.137. The van der Waals surface area contributed by atoms with Crippen molar-refractivity contribution in [1.29, 1.82) is 0 Å². The molecule has 1 N–H and O–H groups in total. The molecule has 3 heteroatoms. The van der Waals surface area contributed by atoms with Crippen LogP contribution in [0.3, 0.4) is 0 Å². The molecule has 0 aromatic carbocycles. The van der Waals surface area contributed by atoms with Gasteiger partial charge in [0.05, 0.1) is 0 Å². The van der Waals surface area contributed by atoms with Crippen LogP contribution in [-0.4, -0.2) is 55.6 Å². The minimum Gasteiger partial charge on any atom is -0.301 e. The third-order valence-electron chi connectivity index (χ3n) is 2.56. The summed E-state index contributed by atoms with van der Waals surface area (Å²) in [7, 11) is 0. The maximum Gasteiger partial charge on any atom is 0.0112 e. The summed E-state index contributed by atoms with van der Waals surface area (Å²) in [6.07, 6.45) is 1.03. The molecule has 1 rings (SSSR count). The number of piperazine rings is 1. The minimum atomic E-state index is 0.577. The Morgan fingerprint density at radius 2 is 1.67 bits per heavy atom. The highest BCUT2D eigenvalue weighted by Crippen LogP contribution is 2.01. The van der Waals surface area contributed by atoms with Crippen molar-refractivity contribution in [1.82, 2.24) is 15.5 Å². The summed E-state index contributed by atoms with van der Waals surface area (Å²) in [4.78, 5) is 4.96. The summed E-state index contributed by atoms with van der Waals surface area (Å²) in [5, 5.41) is 0. The molecule has 12 heavy (non-hydrogen) atoms. The van der Waals surface area contributed by atoms with Gasteiger partial charge in [-0.2, -0.15) is 0 Å². The van der Waals surface area contributed by atoms with Crippen molar-refractivity contribution < 1.29 is 0 Å². The lowest BCUT2D eigenvalue weighted by atomic mass is 10.3. The van der Waals surface area contributed by atoms with Crippen molar-refractivity contribution >= 4 is 0 Å². The Morgan fingerprint density at radius 3 is 2.17 bits per heavy atom. The molecular weight excluding hydrogens is 150 g/mol. The second-order valence-electron chi connectivity index (χ2n) is 3.38. The Kier molecular flexibility index (Phi) is 4.58. The van der Waals surface area contributed by atoms with Crippen LogP contribution >= 0.6 is 0 Å². The fourth-order valence-corrected chi connectivity index (χ4v) is 1.63. The Hall–Kier alpha value is -0.120. The highest BCUT2D eigenvalue weighted by molar-refractivity contribution is 4.70. The van der Waals surface area contributed by atoms with E-state index in [2.05, 4.69) is 16.7 Å². The van der Waals surface area contributed by atoms with Crippen LogP contribution < -0.4 is 5.73 Å². The zero-order valence-corrected chi connectivity index (χ0v) is 8.05. The van der Waals surface area contributed by atoms with Crippen molar-refractivity contribution in [2.75, 3.05) is 45.8 Å². The van der Waals surface area contributed by atoms with Crippen LogP contribution in [0.1, 0.15) is 13.3 Å². The van der Waals surface area contributed by atoms with Crippen LogP contribution in [-0.2, 0) is 0 Å². The van der Waals surface area contributed by atoms with Crippen LogP contribution in [0.4, 0.5) is 0 Å². The lowest BCUT2D eigenvalue weighted by Gasteiger charge is -2.33. The van der Waals surface area contributed by atoms with E-state index in [-0.39, 0.29) is 0 Å². The first-order chi connectivity index (χ1) is 5.86. The van der Waals surface area contributed by atoms with Gasteiger partial charge in [-0.25, -0.2) is 0 Å². The number of nitrogens with zero attached hydrogens (tertiary/aromatic N) is 2. The third kappa shape index (κ3) is 3.09. The van der Waals surface area contributed by atoms with Gasteiger partial charge in [0, 0.05) is 32.7 Å². The monoisotopic (exact) mass is 170 g/mol. The van der Waals surface area contributed by atoms with Crippen molar-refractivity contribution in [2.24, 2.45) is 0 Å². The van der Waals surface area contributed by atoms with Crippen LogP contribution in [0.2, 0.25) is 0 Å². The van der Waals surface area contributed by atoms with Crippen molar-refractivity contribution in [3.8, 4) is 0 Å². The normalized spacial score (nSPS) is 21.5. The van der Waals surface area contributed by atoms with E-state index < -0.39 is 0 Å². The highest BCUT2D eigenvalue weighted by atomic mass is 15.3. The molecule has 1 aliphatic rings. The van der Waals surface area contributed by atoms with Crippen LogP contribution in [0, 0.1) is 0 Å². The summed E-state index contributed by atoms with van der Waals surface area (Å²) < 4.78 is 0. The van der Waals surface area contributed by atoms with Crippen LogP contribution in [0.25, 0.3) is 0 Å². The van der Waals surface area contributed by atoms with Gasteiger partial charge in [0.15, 0.2) is 0 Å². The van der Waals surface area contributed by atoms with Crippen molar-refractivity contribution in [3.05, 3.63) is 0 Å². The summed E-state index contributed by atoms with van der Waals surface area (Å²) in [5.41, 5.74) is 7.06. The van der Waals surface area contributed by atoms with E-state index in [4.69, 9.17) is 5.73 Å². The lowest BCUT2D eigenvalue weighted by Crippen LogP contribution is -2.46. The zero-order chi connectivity index (χ0) is 8.81.